The first-order chi connectivity index (χ1) is 12.3. The molecular formula is C18H17N3O5. The molecule has 0 spiro atoms. The molecule has 1 N–H and O–H groups in total. The zero-order valence-corrected chi connectivity index (χ0v) is 14.7. The topological polar surface area (TPSA) is 107 Å². The van der Waals surface area contributed by atoms with Crippen molar-refractivity contribution >= 4 is 16.6 Å². The first-order valence-corrected chi connectivity index (χ1v) is 7.77. The summed E-state index contributed by atoms with van der Waals surface area (Å²) in [6.45, 7) is 3.31. The largest absolute Gasteiger partial charge is 0.497 e. The number of benzene rings is 2. The van der Waals surface area contributed by atoms with Crippen molar-refractivity contribution in [3.63, 3.8) is 0 Å². The minimum Gasteiger partial charge on any atom is -0.497 e. The summed E-state index contributed by atoms with van der Waals surface area (Å²) in [6, 6.07) is 6.51. The highest BCUT2D eigenvalue weighted by Gasteiger charge is 2.18. The number of ether oxygens (including phenoxy) is 2. The number of aryl methyl sites for hydroxylation is 2. The number of hydrogen-bond acceptors (Lipinski definition) is 6. The van der Waals surface area contributed by atoms with E-state index in [-0.39, 0.29) is 11.2 Å². The van der Waals surface area contributed by atoms with Crippen LogP contribution in [0.2, 0.25) is 0 Å². The van der Waals surface area contributed by atoms with Crippen molar-refractivity contribution < 1.29 is 14.4 Å². The molecular weight excluding hydrogens is 338 g/mol. The monoisotopic (exact) mass is 355 g/mol. The third-order valence-electron chi connectivity index (χ3n) is 4.15. The summed E-state index contributed by atoms with van der Waals surface area (Å²) in [7, 11) is 2.97. The number of nitro groups is 1. The summed E-state index contributed by atoms with van der Waals surface area (Å²) in [5, 5.41) is 11.5. The van der Waals surface area contributed by atoms with Crippen LogP contribution in [0.1, 0.15) is 11.1 Å². The number of nitro benzene ring substituents is 1. The second-order valence-corrected chi connectivity index (χ2v) is 5.85. The number of nitrogens with zero attached hydrogens (tertiary/aromatic N) is 2. The van der Waals surface area contributed by atoms with Gasteiger partial charge in [0, 0.05) is 28.8 Å². The van der Waals surface area contributed by atoms with Crippen LogP contribution in [-0.4, -0.2) is 29.1 Å². The fraction of sp³-hybridized carbons (Fsp3) is 0.222. The highest BCUT2D eigenvalue weighted by molar-refractivity contribution is 5.87. The van der Waals surface area contributed by atoms with E-state index in [2.05, 4.69) is 9.97 Å². The molecule has 0 aliphatic rings. The van der Waals surface area contributed by atoms with Gasteiger partial charge in [-0.15, -0.1) is 0 Å². The van der Waals surface area contributed by atoms with Crippen molar-refractivity contribution in [1.82, 2.24) is 9.97 Å². The van der Waals surface area contributed by atoms with Crippen LogP contribution in [-0.2, 0) is 0 Å². The highest BCUT2D eigenvalue weighted by Crippen LogP contribution is 2.31. The van der Waals surface area contributed by atoms with E-state index in [0.717, 1.165) is 0 Å². The lowest BCUT2D eigenvalue weighted by Gasteiger charge is -2.10. The molecule has 0 atom stereocenters. The molecule has 8 nitrogen and oxygen atoms in total. The Labute approximate surface area is 148 Å². The Kier molecular flexibility index (Phi) is 4.33. The minimum absolute atomic E-state index is 0.0558. The molecule has 0 fully saturated rings. The average Bonchev–Trinajstić information content (AvgIpc) is 2.59. The van der Waals surface area contributed by atoms with Crippen LogP contribution in [0.5, 0.6) is 11.5 Å². The summed E-state index contributed by atoms with van der Waals surface area (Å²) in [5.74, 6) is 1.18. The molecule has 3 rings (SSSR count). The van der Waals surface area contributed by atoms with Crippen molar-refractivity contribution in [2.75, 3.05) is 14.2 Å². The third kappa shape index (κ3) is 2.85. The maximum absolute atomic E-state index is 12.6. The Balaban J connectivity index is 2.27. The SMILES string of the molecule is COc1cc(OC)c2c(=O)[nH]c(-c3cc(C)c([N+](=O)[O-])c(C)c3)nc2c1. The number of methoxy groups -OCH3 is 2. The van der Waals surface area contributed by atoms with Gasteiger partial charge >= 0.3 is 0 Å². The van der Waals surface area contributed by atoms with E-state index in [4.69, 9.17) is 9.47 Å². The molecule has 8 heteroatoms. The first kappa shape index (κ1) is 17.4. The predicted molar refractivity (Wildman–Crippen MR) is 97.0 cm³/mol. The van der Waals surface area contributed by atoms with E-state index < -0.39 is 4.92 Å². The number of rotatable bonds is 4. The van der Waals surface area contributed by atoms with Crippen LogP contribution in [0, 0.1) is 24.0 Å². The lowest BCUT2D eigenvalue weighted by Crippen LogP contribution is -2.11. The summed E-state index contributed by atoms with van der Waals surface area (Å²) in [4.78, 5) is 30.5. The van der Waals surface area contributed by atoms with Crippen LogP contribution >= 0.6 is 0 Å². The third-order valence-corrected chi connectivity index (χ3v) is 4.15. The van der Waals surface area contributed by atoms with Crippen molar-refractivity contribution in [2.45, 2.75) is 13.8 Å². The molecule has 0 unspecified atom stereocenters. The van der Waals surface area contributed by atoms with Crippen LogP contribution in [0.25, 0.3) is 22.3 Å². The zero-order valence-electron chi connectivity index (χ0n) is 14.7. The number of fused-ring (bicyclic) bond motifs is 1. The average molecular weight is 355 g/mol. The van der Waals surface area contributed by atoms with Gasteiger partial charge in [-0.3, -0.25) is 14.9 Å². The highest BCUT2D eigenvalue weighted by atomic mass is 16.6. The minimum atomic E-state index is -0.416. The van der Waals surface area contributed by atoms with Gasteiger partial charge in [-0.25, -0.2) is 4.98 Å². The smallest absolute Gasteiger partial charge is 0.275 e. The number of aromatic amines is 1. The van der Waals surface area contributed by atoms with Gasteiger partial charge in [-0.2, -0.15) is 0 Å². The van der Waals surface area contributed by atoms with Crippen molar-refractivity contribution in [3.8, 4) is 22.9 Å². The van der Waals surface area contributed by atoms with Gasteiger partial charge in [0.05, 0.1) is 24.7 Å². The summed E-state index contributed by atoms with van der Waals surface area (Å²) < 4.78 is 10.5. The van der Waals surface area contributed by atoms with E-state index >= 15 is 0 Å². The van der Waals surface area contributed by atoms with E-state index in [1.54, 1.807) is 38.1 Å². The normalized spacial score (nSPS) is 10.8. The van der Waals surface area contributed by atoms with Gasteiger partial charge in [0.25, 0.3) is 11.2 Å². The van der Waals surface area contributed by atoms with E-state index in [1.807, 2.05) is 0 Å². The Morgan fingerprint density at radius 3 is 2.27 bits per heavy atom. The van der Waals surface area contributed by atoms with Gasteiger partial charge in [0.15, 0.2) is 0 Å². The predicted octanol–water partition coefficient (Wildman–Crippen LogP) is 3.13. The number of hydrogen-bond donors (Lipinski definition) is 1. The quantitative estimate of drug-likeness (QED) is 0.569. The van der Waals surface area contributed by atoms with E-state index in [1.165, 1.54) is 14.2 Å². The molecule has 0 radical (unpaired) electrons. The first-order valence-electron chi connectivity index (χ1n) is 7.77. The molecule has 26 heavy (non-hydrogen) atoms. The molecule has 1 heterocycles. The molecule has 1 aromatic heterocycles. The number of nitrogens with one attached hydrogen (secondary N) is 1. The molecule has 2 aromatic carbocycles. The second-order valence-electron chi connectivity index (χ2n) is 5.85. The molecule has 0 aliphatic heterocycles. The van der Waals surface area contributed by atoms with Gasteiger partial charge in [-0.1, -0.05) is 0 Å². The molecule has 0 amide bonds. The van der Waals surface area contributed by atoms with Gasteiger partial charge in [-0.05, 0) is 26.0 Å². The summed E-state index contributed by atoms with van der Waals surface area (Å²) in [6.07, 6.45) is 0. The number of aromatic nitrogens is 2. The standard InChI is InChI=1S/C18H17N3O5/c1-9-5-11(6-10(2)16(9)21(23)24)17-19-13-7-12(25-3)8-14(26-4)15(13)18(22)20-17/h5-8H,1-4H3,(H,19,20,22). The summed E-state index contributed by atoms with van der Waals surface area (Å²) >= 11 is 0. The molecule has 3 aromatic rings. The lowest BCUT2D eigenvalue weighted by atomic mass is 10.0. The van der Waals surface area contributed by atoms with Crippen LogP contribution in [0.3, 0.4) is 0 Å². The Morgan fingerprint density at radius 1 is 1.08 bits per heavy atom. The van der Waals surface area contributed by atoms with Crippen molar-refractivity contribution in [1.29, 1.82) is 0 Å². The zero-order chi connectivity index (χ0) is 19.0. The van der Waals surface area contributed by atoms with Crippen LogP contribution in [0.15, 0.2) is 29.1 Å². The van der Waals surface area contributed by atoms with Crippen LogP contribution < -0.4 is 15.0 Å². The van der Waals surface area contributed by atoms with Crippen molar-refractivity contribution in [2.24, 2.45) is 0 Å². The summed E-state index contributed by atoms with van der Waals surface area (Å²) in [5.41, 5.74) is 1.69. The molecule has 0 bridgehead atoms. The van der Waals surface area contributed by atoms with Gasteiger partial charge in [0.2, 0.25) is 0 Å². The molecule has 0 aliphatic carbocycles. The molecule has 134 valence electrons. The Hall–Kier alpha value is -3.42. The van der Waals surface area contributed by atoms with Crippen molar-refractivity contribution in [3.05, 3.63) is 55.9 Å². The maximum Gasteiger partial charge on any atom is 0.275 e. The Morgan fingerprint density at radius 2 is 1.73 bits per heavy atom. The lowest BCUT2D eigenvalue weighted by molar-refractivity contribution is -0.386. The molecule has 0 saturated heterocycles. The van der Waals surface area contributed by atoms with Gasteiger partial charge < -0.3 is 14.5 Å². The molecule has 0 saturated carbocycles. The Bertz CT molecular complexity index is 1070. The fourth-order valence-electron chi connectivity index (χ4n) is 3.01. The van der Waals surface area contributed by atoms with E-state index in [0.29, 0.717) is 44.9 Å². The number of H-pyrrole nitrogens is 1. The maximum atomic E-state index is 12.6. The van der Waals surface area contributed by atoms with Crippen LogP contribution in [0.4, 0.5) is 5.69 Å². The van der Waals surface area contributed by atoms with Gasteiger partial charge in [0.1, 0.15) is 22.7 Å². The second kappa shape index (κ2) is 6.47. The van der Waals surface area contributed by atoms with E-state index in [9.17, 15) is 14.9 Å². The fourth-order valence-corrected chi connectivity index (χ4v) is 3.01.